The van der Waals surface area contributed by atoms with Crippen LogP contribution in [0.2, 0.25) is 0 Å². The summed E-state index contributed by atoms with van der Waals surface area (Å²) < 4.78 is 1.76. The molecule has 2 unspecified atom stereocenters. The van der Waals surface area contributed by atoms with Gasteiger partial charge < -0.3 is 5.32 Å². The van der Waals surface area contributed by atoms with Crippen LogP contribution in [0, 0.1) is 0 Å². The van der Waals surface area contributed by atoms with Gasteiger partial charge in [0.1, 0.15) is 0 Å². The third-order valence-corrected chi connectivity index (χ3v) is 5.92. The van der Waals surface area contributed by atoms with Crippen molar-refractivity contribution in [3.8, 4) is 0 Å². The first-order valence-electron chi connectivity index (χ1n) is 9.47. The van der Waals surface area contributed by atoms with Gasteiger partial charge in [0.25, 0.3) is 0 Å². The maximum atomic E-state index is 12.6. The number of amides is 1. The Kier molecular flexibility index (Phi) is 6.45. The summed E-state index contributed by atoms with van der Waals surface area (Å²) >= 11 is 1.67. The molecule has 0 aliphatic carbocycles. The lowest BCUT2D eigenvalue weighted by molar-refractivity contribution is -0.121. The zero-order valence-electron chi connectivity index (χ0n) is 16.2. The minimum atomic E-state index is -0.0996. The molecular weight excluding hydrogens is 354 g/mol. The van der Waals surface area contributed by atoms with Crippen molar-refractivity contribution >= 4 is 17.2 Å². The van der Waals surface area contributed by atoms with E-state index in [1.165, 1.54) is 5.56 Å². The molecule has 3 aromatic rings. The van der Waals surface area contributed by atoms with Gasteiger partial charge in [-0.3, -0.25) is 9.48 Å². The van der Waals surface area contributed by atoms with Crippen molar-refractivity contribution < 1.29 is 4.79 Å². The number of nitrogens with one attached hydrogen (secondary N) is 1. The summed E-state index contributed by atoms with van der Waals surface area (Å²) in [5.41, 5.74) is 3.55. The van der Waals surface area contributed by atoms with Crippen molar-refractivity contribution in [1.29, 1.82) is 0 Å². The largest absolute Gasteiger partial charge is 0.344 e. The number of carbonyl (C=O) groups is 1. The molecule has 27 heavy (non-hydrogen) atoms. The van der Waals surface area contributed by atoms with Gasteiger partial charge in [-0.15, -0.1) is 11.3 Å². The van der Waals surface area contributed by atoms with Gasteiger partial charge in [-0.05, 0) is 46.9 Å². The van der Waals surface area contributed by atoms with Gasteiger partial charge >= 0.3 is 0 Å². The normalized spacial score (nSPS) is 13.3. The molecule has 2 aromatic heterocycles. The van der Waals surface area contributed by atoms with E-state index < -0.39 is 0 Å². The Bertz CT molecular complexity index is 852. The van der Waals surface area contributed by atoms with E-state index in [-0.39, 0.29) is 11.9 Å². The monoisotopic (exact) mass is 381 g/mol. The standard InChI is InChI=1S/C22H27N3OS/c1-4-16(2)18-8-10-19(11-9-18)22(20-6-5-13-27-20)24-21(26)12-7-17-14-23-25(3)15-17/h5-6,8-11,13-16,22H,4,7,12H2,1-3H3,(H,24,26). The molecule has 0 radical (unpaired) electrons. The van der Waals surface area contributed by atoms with E-state index in [1.807, 2.05) is 25.5 Å². The molecule has 0 fully saturated rings. The Morgan fingerprint density at radius 1 is 1.22 bits per heavy atom. The predicted octanol–water partition coefficient (Wildman–Crippen LogP) is 4.83. The van der Waals surface area contributed by atoms with Gasteiger partial charge in [-0.25, -0.2) is 0 Å². The molecule has 1 amide bonds. The predicted molar refractivity (Wildman–Crippen MR) is 111 cm³/mol. The Labute approximate surface area is 165 Å². The molecule has 4 nitrogen and oxygen atoms in total. The van der Waals surface area contributed by atoms with Gasteiger partial charge in [0.2, 0.25) is 5.91 Å². The molecule has 0 aliphatic rings. The summed E-state index contributed by atoms with van der Waals surface area (Å²) in [6, 6.07) is 12.7. The molecule has 3 rings (SSSR count). The molecule has 1 aromatic carbocycles. The van der Waals surface area contributed by atoms with Crippen LogP contribution in [0.4, 0.5) is 0 Å². The van der Waals surface area contributed by atoms with E-state index in [4.69, 9.17) is 0 Å². The van der Waals surface area contributed by atoms with Crippen LogP contribution in [0.25, 0.3) is 0 Å². The number of benzene rings is 1. The van der Waals surface area contributed by atoms with E-state index in [0.717, 1.165) is 22.4 Å². The SMILES string of the molecule is CCC(C)c1ccc(C(NC(=O)CCc2cnn(C)c2)c2cccs2)cc1. The van der Waals surface area contributed by atoms with Crippen LogP contribution in [0.1, 0.15) is 60.2 Å². The van der Waals surface area contributed by atoms with E-state index in [9.17, 15) is 4.79 Å². The third-order valence-electron chi connectivity index (χ3n) is 4.98. The second kappa shape index (κ2) is 9.00. The van der Waals surface area contributed by atoms with Crippen molar-refractivity contribution in [3.05, 3.63) is 75.7 Å². The highest BCUT2D eigenvalue weighted by atomic mass is 32.1. The summed E-state index contributed by atoms with van der Waals surface area (Å²) in [5, 5.41) is 9.43. The van der Waals surface area contributed by atoms with Gasteiger partial charge in [0.05, 0.1) is 12.2 Å². The zero-order valence-corrected chi connectivity index (χ0v) is 17.0. The Morgan fingerprint density at radius 2 is 1.96 bits per heavy atom. The summed E-state index contributed by atoms with van der Waals surface area (Å²) in [5.74, 6) is 0.608. The van der Waals surface area contributed by atoms with E-state index >= 15 is 0 Å². The number of carbonyl (C=O) groups excluding carboxylic acids is 1. The summed E-state index contributed by atoms with van der Waals surface area (Å²) in [4.78, 5) is 13.7. The average Bonchev–Trinajstić information content (AvgIpc) is 3.36. The summed E-state index contributed by atoms with van der Waals surface area (Å²) in [6.07, 6.45) is 6.05. The van der Waals surface area contributed by atoms with Gasteiger partial charge in [0, 0.05) is 24.5 Å². The van der Waals surface area contributed by atoms with Crippen LogP contribution < -0.4 is 5.32 Å². The van der Waals surface area contributed by atoms with E-state index in [1.54, 1.807) is 16.0 Å². The van der Waals surface area contributed by atoms with Crippen molar-refractivity contribution in [2.24, 2.45) is 7.05 Å². The molecule has 142 valence electrons. The summed E-state index contributed by atoms with van der Waals surface area (Å²) in [7, 11) is 1.89. The molecule has 0 aliphatic heterocycles. The zero-order chi connectivity index (χ0) is 19.2. The number of aromatic nitrogens is 2. The lowest BCUT2D eigenvalue weighted by Crippen LogP contribution is -2.29. The van der Waals surface area contributed by atoms with Crippen LogP contribution in [0.5, 0.6) is 0 Å². The molecule has 0 spiro atoms. The third kappa shape index (κ3) is 5.07. The minimum absolute atomic E-state index is 0.0586. The van der Waals surface area contributed by atoms with E-state index in [2.05, 4.69) is 60.0 Å². The van der Waals surface area contributed by atoms with Crippen LogP contribution in [0.15, 0.2) is 54.2 Å². The highest BCUT2D eigenvalue weighted by molar-refractivity contribution is 7.10. The molecular formula is C22H27N3OS. The number of rotatable bonds is 8. The first-order valence-corrected chi connectivity index (χ1v) is 10.3. The highest BCUT2D eigenvalue weighted by Crippen LogP contribution is 2.28. The molecule has 0 saturated heterocycles. The molecule has 1 N–H and O–H groups in total. The first kappa shape index (κ1) is 19.4. The fraction of sp³-hybridized carbons (Fsp3) is 0.364. The van der Waals surface area contributed by atoms with Crippen molar-refractivity contribution in [3.63, 3.8) is 0 Å². The number of hydrogen-bond acceptors (Lipinski definition) is 3. The molecule has 0 bridgehead atoms. The van der Waals surface area contributed by atoms with Crippen molar-refractivity contribution in [1.82, 2.24) is 15.1 Å². The molecule has 2 atom stereocenters. The van der Waals surface area contributed by atoms with Crippen LogP contribution >= 0.6 is 11.3 Å². The average molecular weight is 382 g/mol. The van der Waals surface area contributed by atoms with Crippen LogP contribution in [-0.4, -0.2) is 15.7 Å². The molecule has 0 saturated carbocycles. The Morgan fingerprint density at radius 3 is 2.56 bits per heavy atom. The topological polar surface area (TPSA) is 46.9 Å². The lowest BCUT2D eigenvalue weighted by atomic mass is 9.95. The van der Waals surface area contributed by atoms with Gasteiger partial charge in [0.15, 0.2) is 0 Å². The van der Waals surface area contributed by atoms with Crippen LogP contribution in [0.3, 0.4) is 0 Å². The Hall–Kier alpha value is -2.40. The highest BCUT2D eigenvalue weighted by Gasteiger charge is 2.18. The van der Waals surface area contributed by atoms with E-state index in [0.29, 0.717) is 18.8 Å². The number of aryl methyl sites for hydroxylation is 2. The first-order chi connectivity index (χ1) is 13.1. The maximum Gasteiger partial charge on any atom is 0.221 e. The number of nitrogens with zero attached hydrogens (tertiary/aromatic N) is 2. The Balaban J connectivity index is 1.71. The number of hydrogen-bond donors (Lipinski definition) is 1. The quantitative estimate of drug-likeness (QED) is 0.607. The summed E-state index contributed by atoms with van der Waals surface area (Å²) in [6.45, 7) is 4.45. The smallest absolute Gasteiger partial charge is 0.221 e. The number of thiophene rings is 1. The molecule has 5 heteroatoms. The van der Waals surface area contributed by atoms with Gasteiger partial charge in [-0.2, -0.15) is 5.10 Å². The fourth-order valence-corrected chi connectivity index (χ4v) is 3.92. The fourth-order valence-electron chi connectivity index (χ4n) is 3.12. The van der Waals surface area contributed by atoms with Gasteiger partial charge in [-0.1, -0.05) is 44.2 Å². The van der Waals surface area contributed by atoms with Crippen molar-refractivity contribution in [2.75, 3.05) is 0 Å². The van der Waals surface area contributed by atoms with Crippen LogP contribution in [-0.2, 0) is 18.3 Å². The second-order valence-corrected chi connectivity index (χ2v) is 7.99. The minimum Gasteiger partial charge on any atom is -0.344 e. The molecule has 2 heterocycles. The maximum absolute atomic E-state index is 12.6. The van der Waals surface area contributed by atoms with Crippen molar-refractivity contribution in [2.45, 2.75) is 45.1 Å². The lowest BCUT2D eigenvalue weighted by Gasteiger charge is -2.19. The second-order valence-electron chi connectivity index (χ2n) is 7.01.